The SMILES string of the molecule is COc1cc(/C=N/NC(=O)CSc2nc(-c3ccccc3)cs2)cc(Br)c1OCCC(C)C. The minimum atomic E-state index is -0.201. The Hall–Kier alpha value is -2.36. The molecule has 0 aliphatic heterocycles. The molecule has 1 amide bonds. The van der Waals surface area contributed by atoms with Crippen molar-refractivity contribution in [2.75, 3.05) is 19.5 Å². The van der Waals surface area contributed by atoms with Crippen LogP contribution < -0.4 is 14.9 Å². The predicted octanol–water partition coefficient (Wildman–Crippen LogP) is 6.25. The molecule has 0 saturated heterocycles. The number of carbonyl (C=O) groups excluding carboxylic acids is 1. The van der Waals surface area contributed by atoms with Crippen LogP contribution in [0.5, 0.6) is 11.5 Å². The molecule has 0 aliphatic carbocycles. The number of ether oxygens (including phenoxy) is 2. The first-order valence-electron chi connectivity index (χ1n) is 10.4. The third kappa shape index (κ3) is 7.87. The zero-order chi connectivity index (χ0) is 23.6. The summed E-state index contributed by atoms with van der Waals surface area (Å²) in [6.45, 7) is 4.92. The van der Waals surface area contributed by atoms with Crippen LogP contribution in [0, 0.1) is 5.92 Å². The fourth-order valence-corrected chi connectivity index (χ4v) is 4.96. The van der Waals surface area contributed by atoms with E-state index in [9.17, 15) is 4.79 Å². The predicted molar refractivity (Wildman–Crippen MR) is 140 cm³/mol. The summed E-state index contributed by atoms with van der Waals surface area (Å²) in [7, 11) is 1.60. The standard InChI is InChI=1S/C24H26BrN3O3S2/c1-16(2)9-10-31-23-19(25)11-17(12-21(23)30-3)13-26-28-22(29)15-33-24-27-20(14-32-24)18-7-5-4-6-8-18/h4-8,11-14,16H,9-10,15H2,1-3H3,(H,28,29)/b26-13+. The van der Waals surface area contributed by atoms with Crippen molar-refractivity contribution in [1.29, 1.82) is 0 Å². The number of hydrogen-bond acceptors (Lipinski definition) is 7. The van der Waals surface area contributed by atoms with Crippen molar-refractivity contribution in [1.82, 2.24) is 10.4 Å². The molecule has 0 spiro atoms. The maximum atomic E-state index is 12.2. The van der Waals surface area contributed by atoms with Gasteiger partial charge in [-0.1, -0.05) is 55.9 Å². The van der Waals surface area contributed by atoms with Crippen molar-refractivity contribution < 1.29 is 14.3 Å². The number of hydrazone groups is 1. The molecule has 0 unspecified atom stereocenters. The van der Waals surface area contributed by atoms with Gasteiger partial charge in [0.25, 0.3) is 5.91 Å². The number of halogens is 1. The number of carbonyl (C=O) groups is 1. The molecule has 0 bridgehead atoms. The van der Waals surface area contributed by atoms with Gasteiger partial charge in [0.2, 0.25) is 0 Å². The monoisotopic (exact) mass is 547 g/mol. The third-order valence-electron chi connectivity index (χ3n) is 4.48. The maximum Gasteiger partial charge on any atom is 0.250 e. The minimum Gasteiger partial charge on any atom is -0.493 e. The van der Waals surface area contributed by atoms with E-state index >= 15 is 0 Å². The van der Waals surface area contributed by atoms with E-state index in [4.69, 9.17) is 9.47 Å². The average Bonchev–Trinajstić information content (AvgIpc) is 3.28. The minimum absolute atomic E-state index is 0.201. The van der Waals surface area contributed by atoms with Crippen molar-refractivity contribution >= 4 is 51.2 Å². The molecule has 9 heteroatoms. The Kier molecular flexibility index (Phi) is 9.77. The number of benzene rings is 2. The number of thiazole rings is 1. The van der Waals surface area contributed by atoms with E-state index in [1.54, 1.807) is 13.3 Å². The van der Waals surface area contributed by atoms with Gasteiger partial charge in [0.15, 0.2) is 15.8 Å². The average molecular weight is 549 g/mol. The number of nitrogens with one attached hydrogen (secondary N) is 1. The van der Waals surface area contributed by atoms with Gasteiger partial charge in [-0.2, -0.15) is 5.10 Å². The van der Waals surface area contributed by atoms with E-state index in [2.05, 4.69) is 45.3 Å². The summed E-state index contributed by atoms with van der Waals surface area (Å²) in [6, 6.07) is 13.7. The summed E-state index contributed by atoms with van der Waals surface area (Å²) in [5.74, 6) is 1.86. The zero-order valence-corrected chi connectivity index (χ0v) is 21.9. The largest absolute Gasteiger partial charge is 0.493 e. The molecule has 0 radical (unpaired) electrons. The molecule has 3 rings (SSSR count). The summed E-state index contributed by atoms with van der Waals surface area (Å²) < 4.78 is 13.0. The van der Waals surface area contributed by atoms with Crippen LogP contribution >= 0.6 is 39.0 Å². The van der Waals surface area contributed by atoms with Crippen molar-refractivity contribution in [3.8, 4) is 22.8 Å². The smallest absolute Gasteiger partial charge is 0.250 e. The number of hydrogen-bond donors (Lipinski definition) is 1. The topological polar surface area (TPSA) is 72.8 Å². The lowest BCUT2D eigenvalue weighted by Gasteiger charge is -2.14. The van der Waals surface area contributed by atoms with Crippen molar-refractivity contribution in [2.45, 2.75) is 24.6 Å². The maximum absolute atomic E-state index is 12.2. The van der Waals surface area contributed by atoms with Crippen molar-refractivity contribution in [3.05, 3.63) is 57.9 Å². The Morgan fingerprint density at radius 2 is 2.09 bits per heavy atom. The highest BCUT2D eigenvalue weighted by atomic mass is 79.9. The van der Waals surface area contributed by atoms with Crippen LogP contribution in [-0.2, 0) is 4.79 Å². The molecule has 174 valence electrons. The highest BCUT2D eigenvalue weighted by Gasteiger charge is 2.12. The lowest BCUT2D eigenvalue weighted by molar-refractivity contribution is -0.118. The molecule has 0 atom stereocenters. The first-order valence-corrected chi connectivity index (χ1v) is 13.1. The van der Waals surface area contributed by atoms with Gasteiger partial charge in [0, 0.05) is 10.9 Å². The number of rotatable bonds is 11. The number of methoxy groups -OCH3 is 1. The van der Waals surface area contributed by atoms with Gasteiger partial charge in [0.1, 0.15) is 0 Å². The highest BCUT2D eigenvalue weighted by Crippen LogP contribution is 2.36. The molecule has 33 heavy (non-hydrogen) atoms. The third-order valence-corrected chi connectivity index (χ3v) is 7.09. The van der Waals surface area contributed by atoms with Gasteiger partial charge < -0.3 is 9.47 Å². The number of thioether (sulfide) groups is 1. The van der Waals surface area contributed by atoms with Crippen LogP contribution in [0.15, 0.2) is 61.8 Å². The first kappa shape index (κ1) is 25.3. The van der Waals surface area contributed by atoms with Crippen LogP contribution in [0.2, 0.25) is 0 Å². The summed E-state index contributed by atoms with van der Waals surface area (Å²) in [4.78, 5) is 16.8. The lowest BCUT2D eigenvalue weighted by atomic mass is 10.1. The van der Waals surface area contributed by atoms with E-state index in [1.165, 1.54) is 23.1 Å². The second-order valence-electron chi connectivity index (χ2n) is 7.51. The molecule has 2 aromatic carbocycles. The molecule has 0 saturated carbocycles. The second kappa shape index (κ2) is 12.8. The normalized spacial score (nSPS) is 11.2. The van der Waals surface area contributed by atoms with E-state index in [0.717, 1.165) is 32.1 Å². The fraction of sp³-hybridized carbons (Fsp3) is 0.292. The number of aromatic nitrogens is 1. The Balaban J connectivity index is 1.51. The summed E-state index contributed by atoms with van der Waals surface area (Å²) >= 11 is 6.44. The molecule has 1 aromatic heterocycles. The first-order chi connectivity index (χ1) is 16.0. The van der Waals surface area contributed by atoms with Crippen molar-refractivity contribution in [2.24, 2.45) is 11.0 Å². The van der Waals surface area contributed by atoms with Crippen LogP contribution in [0.1, 0.15) is 25.8 Å². The summed E-state index contributed by atoms with van der Waals surface area (Å²) in [5, 5.41) is 6.06. The van der Waals surface area contributed by atoms with Gasteiger partial charge in [-0.05, 0) is 46.0 Å². The van der Waals surface area contributed by atoms with Crippen LogP contribution in [-0.4, -0.2) is 36.6 Å². The molecule has 3 aromatic rings. The molecular weight excluding hydrogens is 522 g/mol. The fourth-order valence-electron chi connectivity index (χ4n) is 2.75. The highest BCUT2D eigenvalue weighted by molar-refractivity contribution is 9.10. The van der Waals surface area contributed by atoms with E-state index in [-0.39, 0.29) is 11.7 Å². The second-order valence-corrected chi connectivity index (χ2v) is 10.4. The Morgan fingerprint density at radius 1 is 1.30 bits per heavy atom. The quantitative estimate of drug-likeness (QED) is 0.174. The molecule has 1 heterocycles. The van der Waals surface area contributed by atoms with Gasteiger partial charge in [-0.25, -0.2) is 10.4 Å². The zero-order valence-electron chi connectivity index (χ0n) is 18.7. The number of nitrogens with zero attached hydrogens (tertiary/aromatic N) is 2. The van der Waals surface area contributed by atoms with Gasteiger partial charge in [-0.3, -0.25) is 4.79 Å². The molecule has 0 fully saturated rings. The molecule has 1 N–H and O–H groups in total. The molecular formula is C24H26BrN3O3S2. The van der Waals surface area contributed by atoms with Gasteiger partial charge in [0.05, 0.1) is 35.9 Å². The van der Waals surface area contributed by atoms with Gasteiger partial charge >= 0.3 is 0 Å². The van der Waals surface area contributed by atoms with E-state index in [1.807, 2.05) is 47.8 Å². The van der Waals surface area contributed by atoms with E-state index < -0.39 is 0 Å². The van der Waals surface area contributed by atoms with Gasteiger partial charge in [-0.15, -0.1) is 11.3 Å². The lowest BCUT2D eigenvalue weighted by Crippen LogP contribution is -2.19. The number of amides is 1. The van der Waals surface area contributed by atoms with E-state index in [0.29, 0.717) is 24.0 Å². The van der Waals surface area contributed by atoms with Crippen molar-refractivity contribution in [3.63, 3.8) is 0 Å². The molecule has 6 nitrogen and oxygen atoms in total. The Morgan fingerprint density at radius 3 is 2.82 bits per heavy atom. The Labute approximate surface area is 210 Å². The van der Waals surface area contributed by atoms with Crippen LogP contribution in [0.4, 0.5) is 0 Å². The molecule has 0 aliphatic rings. The summed E-state index contributed by atoms with van der Waals surface area (Å²) in [5.41, 5.74) is 5.31. The summed E-state index contributed by atoms with van der Waals surface area (Å²) in [6.07, 6.45) is 2.53. The van der Waals surface area contributed by atoms with Crippen LogP contribution in [0.3, 0.4) is 0 Å². The van der Waals surface area contributed by atoms with Crippen LogP contribution in [0.25, 0.3) is 11.3 Å². The Bertz CT molecular complexity index is 1090.